The van der Waals surface area contributed by atoms with Gasteiger partial charge < -0.3 is 19.5 Å². The van der Waals surface area contributed by atoms with Crippen LogP contribution in [0.15, 0.2) is 24.3 Å². The van der Waals surface area contributed by atoms with E-state index in [1.165, 1.54) is 11.3 Å². The van der Waals surface area contributed by atoms with E-state index in [9.17, 15) is 9.90 Å². The van der Waals surface area contributed by atoms with Gasteiger partial charge >= 0.3 is 6.09 Å². The van der Waals surface area contributed by atoms with Crippen LogP contribution in [-0.4, -0.2) is 47.5 Å². The van der Waals surface area contributed by atoms with Gasteiger partial charge in [-0.2, -0.15) is 0 Å². The lowest BCUT2D eigenvalue weighted by molar-refractivity contribution is -0.0821. The molecule has 0 radical (unpaired) electrons. The number of carbonyl (C=O) groups is 1. The third-order valence-corrected chi connectivity index (χ3v) is 5.27. The number of benzene rings is 1. The number of rotatable bonds is 7. The summed E-state index contributed by atoms with van der Waals surface area (Å²) in [6.45, 7) is 6.45. The van der Waals surface area contributed by atoms with Gasteiger partial charge in [0.25, 0.3) is 0 Å². The standard InChI is InChI=1S/C21H30N2O5/c1-20(2,3)23(19(24)25)11-6-12-27-18-13-15(7-8-17(18)26-4)16-14-21(28-22-16)9-5-10-21/h7-8,13-14,22H,5-6,9-12H2,1-4H3,(H,24,25). The van der Waals surface area contributed by atoms with Gasteiger partial charge in [0.05, 0.1) is 19.4 Å². The Balaban J connectivity index is 1.63. The normalized spacial score (nSPS) is 17.5. The Morgan fingerprint density at radius 1 is 1.32 bits per heavy atom. The molecule has 2 aliphatic rings. The lowest BCUT2D eigenvalue weighted by Gasteiger charge is -2.33. The molecule has 0 saturated heterocycles. The summed E-state index contributed by atoms with van der Waals surface area (Å²) in [7, 11) is 1.60. The first-order valence-electron chi connectivity index (χ1n) is 9.73. The molecule has 7 nitrogen and oxygen atoms in total. The molecule has 1 aromatic rings. The van der Waals surface area contributed by atoms with Crippen LogP contribution < -0.4 is 15.0 Å². The third kappa shape index (κ3) is 4.35. The molecule has 1 aliphatic heterocycles. The van der Waals surface area contributed by atoms with Crippen LogP contribution in [0.25, 0.3) is 5.70 Å². The zero-order chi connectivity index (χ0) is 20.4. The molecule has 2 N–H and O–H groups in total. The first-order chi connectivity index (χ1) is 13.2. The van der Waals surface area contributed by atoms with Crippen LogP contribution in [0.4, 0.5) is 4.79 Å². The molecule has 0 aromatic heterocycles. The van der Waals surface area contributed by atoms with Gasteiger partial charge in [0, 0.05) is 17.6 Å². The van der Waals surface area contributed by atoms with E-state index in [2.05, 4.69) is 11.6 Å². The molecule has 7 heteroatoms. The van der Waals surface area contributed by atoms with Crippen molar-refractivity contribution in [3.63, 3.8) is 0 Å². The molecule has 0 unspecified atom stereocenters. The number of hydrogen-bond donors (Lipinski definition) is 2. The Bertz CT molecular complexity index is 750. The molecular formula is C21H30N2O5. The maximum atomic E-state index is 11.4. The largest absolute Gasteiger partial charge is 0.493 e. The number of carboxylic acid groups (broad SMARTS) is 1. The maximum Gasteiger partial charge on any atom is 0.407 e. The number of nitrogens with zero attached hydrogens (tertiary/aromatic N) is 1. The molecule has 1 amide bonds. The predicted octanol–water partition coefficient (Wildman–Crippen LogP) is 4.04. The van der Waals surface area contributed by atoms with E-state index in [4.69, 9.17) is 14.3 Å². The lowest BCUT2D eigenvalue weighted by Crippen LogP contribution is -2.45. The number of nitrogens with one attached hydrogen (secondary N) is 1. The predicted molar refractivity (Wildman–Crippen MR) is 106 cm³/mol. The van der Waals surface area contributed by atoms with Gasteiger partial charge in [0.15, 0.2) is 11.5 Å². The van der Waals surface area contributed by atoms with E-state index in [-0.39, 0.29) is 5.60 Å². The Morgan fingerprint density at radius 2 is 2.07 bits per heavy atom. The summed E-state index contributed by atoms with van der Waals surface area (Å²) >= 11 is 0. The SMILES string of the molecule is COc1ccc(C2=CC3(CCC3)ON2)cc1OCCCN(C(=O)O)C(C)(C)C. The van der Waals surface area contributed by atoms with Crippen LogP contribution in [0.2, 0.25) is 0 Å². The highest BCUT2D eigenvalue weighted by Gasteiger charge is 2.41. The van der Waals surface area contributed by atoms with Crippen LogP contribution in [-0.2, 0) is 4.84 Å². The van der Waals surface area contributed by atoms with Crippen molar-refractivity contribution in [2.24, 2.45) is 0 Å². The average Bonchev–Trinajstić information content (AvgIpc) is 3.06. The fraction of sp³-hybridized carbons (Fsp3) is 0.571. The van der Waals surface area contributed by atoms with Gasteiger partial charge in [0.2, 0.25) is 0 Å². The number of hydrogen-bond acceptors (Lipinski definition) is 5. The van der Waals surface area contributed by atoms with Gasteiger partial charge in [-0.1, -0.05) is 0 Å². The Kier molecular flexibility index (Phi) is 5.74. The van der Waals surface area contributed by atoms with E-state index in [1.807, 2.05) is 39.0 Å². The number of ether oxygens (including phenoxy) is 2. The second-order valence-electron chi connectivity index (χ2n) is 8.35. The summed E-state index contributed by atoms with van der Waals surface area (Å²) in [5.41, 5.74) is 4.36. The zero-order valence-electron chi connectivity index (χ0n) is 17.1. The van der Waals surface area contributed by atoms with Crippen LogP contribution >= 0.6 is 0 Å². The number of methoxy groups -OCH3 is 1. The number of amides is 1. The molecule has 1 fully saturated rings. The summed E-state index contributed by atoms with van der Waals surface area (Å²) < 4.78 is 11.3. The van der Waals surface area contributed by atoms with Gasteiger partial charge in [-0.25, -0.2) is 4.79 Å². The monoisotopic (exact) mass is 390 g/mol. The van der Waals surface area contributed by atoms with Crippen molar-refractivity contribution in [3.8, 4) is 11.5 Å². The second kappa shape index (κ2) is 7.91. The van der Waals surface area contributed by atoms with E-state index in [0.717, 1.165) is 24.1 Å². The summed E-state index contributed by atoms with van der Waals surface area (Å²) in [4.78, 5) is 18.6. The van der Waals surface area contributed by atoms with Crippen LogP contribution in [0, 0.1) is 0 Å². The molecule has 1 spiro atoms. The Morgan fingerprint density at radius 3 is 2.61 bits per heavy atom. The van der Waals surface area contributed by atoms with Crippen molar-refractivity contribution < 1.29 is 24.2 Å². The number of hydroxylamine groups is 1. The van der Waals surface area contributed by atoms with E-state index >= 15 is 0 Å². The molecule has 154 valence electrons. The third-order valence-electron chi connectivity index (χ3n) is 5.27. The van der Waals surface area contributed by atoms with Crippen LogP contribution in [0.1, 0.15) is 52.0 Å². The van der Waals surface area contributed by atoms with Crippen molar-refractivity contribution in [1.82, 2.24) is 10.4 Å². The van der Waals surface area contributed by atoms with Gasteiger partial charge in [-0.15, -0.1) is 0 Å². The highest BCUT2D eigenvalue weighted by molar-refractivity contribution is 5.68. The van der Waals surface area contributed by atoms with Gasteiger partial charge in [-0.3, -0.25) is 10.3 Å². The molecule has 1 saturated carbocycles. The zero-order valence-corrected chi connectivity index (χ0v) is 17.1. The molecule has 1 aliphatic carbocycles. The molecule has 1 heterocycles. The second-order valence-corrected chi connectivity index (χ2v) is 8.35. The highest BCUT2D eigenvalue weighted by Crippen LogP contribution is 2.42. The lowest BCUT2D eigenvalue weighted by atomic mass is 9.80. The highest BCUT2D eigenvalue weighted by atomic mass is 16.7. The minimum Gasteiger partial charge on any atom is -0.493 e. The average molecular weight is 390 g/mol. The molecule has 28 heavy (non-hydrogen) atoms. The summed E-state index contributed by atoms with van der Waals surface area (Å²) in [6, 6.07) is 5.77. The van der Waals surface area contributed by atoms with Crippen molar-refractivity contribution >= 4 is 11.8 Å². The smallest absolute Gasteiger partial charge is 0.407 e. The van der Waals surface area contributed by atoms with Crippen LogP contribution in [0.3, 0.4) is 0 Å². The quantitative estimate of drug-likeness (QED) is 0.684. The molecule has 0 atom stereocenters. The van der Waals surface area contributed by atoms with Gasteiger partial charge in [0.1, 0.15) is 5.60 Å². The Hall–Kier alpha value is -2.41. The van der Waals surface area contributed by atoms with Gasteiger partial charge in [-0.05, 0) is 70.7 Å². The molecule has 0 bridgehead atoms. The van der Waals surface area contributed by atoms with E-state index < -0.39 is 11.6 Å². The fourth-order valence-electron chi connectivity index (χ4n) is 3.47. The topological polar surface area (TPSA) is 80.3 Å². The van der Waals surface area contributed by atoms with Crippen molar-refractivity contribution in [1.29, 1.82) is 0 Å². The first kappa shape index (κ1) is 20.3. The summed E-state index contributed by atoms with van der Waals surface area (Å²) in [5.74, 6) is 1.28. The fourth-order valence-corrected chi connectivity index (χ4v) is 3.47. The first-order valence-corrected chi connectivity index (χ1v) is 9.73. The minimum atomic E-state index is -0.920. The maximum absolute atomic E-state index is 11.4. The molecule has 1 aromatic carbocycles. The van der Waals surface area contributed by atoms with Crippen molar-refractivity contribution in [3.05, 3.63) is 29.8 Å². The summed E-state index contributed by atoms with van der Waals surface area (Å²) in [5, 5.41) is 9.37. The minimum absolute atomic E-state index is 0.149. The van der Waals surface area contributed by atoms with Crippen molar-refractivity contribution in [2.75, 3.05) is 20.3 Å². The van der Waals surface area contributed by atoms with Crippen molar-refractivity contribution in [2.45, 2.75) is 57.6 Å². The van der Waals surface area contributed by atoms with E-state index in [1.54, 1.807) is 7.11 Å². The Labute approximate surface area is 166 Å². The molecule has 3 rings (SSSR count). The summed E-state index contributed by atoms with van der Waals surface area (Å²) in [6.07, 6.45) is 5.08. The molecular weight excluding hydrogens is 360 g/mol. The van der Waals surface area contributed by atoms with Crippen LogP contribution in [0.5, 0.6) is 11.5 Å². The van der Waals surface area contributed by atoms with E-state index in [0.29, 0.717) is 31.1 Å².